The van der Waals surface area contributed by atoms with Gasteiger partial charge in [0.2, 0.25) is 5.91 Å². The lowest BCUT2D eigenvalue weighted by Crippen LogP contribution is -2.38. The van der Waals surface area contributed by atoms with Crippen LogP contribution in [-0.4, -0.2) is 54.9 Å². The highest BCUT2D eigenvalue weighted by atomic mass is 16.5. The third-order valence-electron chi connectivity index (χ3n) is 4.97. The van der Waals surface area contributed by atoms with Crippen molar-refractivity contribution in [3.8, 4) is 5.75 Å². The maximum absolute atomic E-state index is 12.7. The first-order chi connectivity index (χ1) is 13.1. The molecule has 0 bridgehead atoms. The summed E-state index contributed by atoms with van der Waals surface area (Å²) < 4.78 is 5.28. The Labute approximate surface area is 160 Å². The number of aryl methyl sites for hydroxylation is 1. The fourth-order valence-corrected chi connectivity index (χ4v) is 3.47. The van der Waals surface area contributed by atoms with Gasteiger partial charge in [-0.25, -0.2) is 0 Å². The molecule has 142 valence electrons. The van der Waals surface area contributed by atoms with Gasteiger partial charge >= 0.3 is 0 Å². The van der Waals surface area contributed by atoms with Crippen molar-refractivity contribution < 1.29 is 14.3 Å². The third kappa shape index (κ3) is 4.67. The van der Waals surface area contributed by atoms with Gasteiger partial charge in [-0.1, -0.05) is 30.3 Å². The average Bonchev–Trinajstić information content (AvgIpc) is 2.94. The number of hydrogen-bond donors (Lipinski definition) is 0. The fourth-order valence-electron chi connectivity index (χ4n) is 3.47. The number of hydrogen-bond acceptors (Lipinski definition) is 3. The van der Waals surface area contributed by atoms with Crippen molar-refractivity contribution in [2.24, 2.45) is 0 Å². The molecular formula is C22H26N2O3. The molecule has 1 heterocycles. The molecule has 5 nitrogen and oxygen atoms in total. The van der Waals surface area contributed by atoms with Crippen molar-refractivity contribution in [2.45, 2.75) is 19.8 Å². The predicted octanol–water partition coefficient (Wildman–Crippen LogP) is 2.92. The van der Waals surface area contributed by atoms with Gasteiger partial charge in [-0.15, -0.1) is 0 Å². The van der Waals surface area contributed by atoms with E-state index in [1.165, 1.54) is 0 Å². The van der Waals surface area contributed by atoms with E-state index in [1.807, 2.05) is 65.3 Å². The van der Waals surface area contributed by atoms with Crippen molar-refractivity contribution in [1.82, 2.24) is 9.80 Å². The fraction of sp³-hybridized carbons (Fsp3) is 0.364. The van der Waals surface area contributed by atoms with Crippen molar-refractivity contribution in [2.75, 3.05) is 33.3 Å². The monoisotopic (exact) mass is 366 g/mol. The van der Waals surface area contributed by atoms with E-state index in [0.29, 0.717) is 38.2 Å². The molecule has 1 saturated heterocycles. The van der Waals surface area contributed by atoms with Crippen LogP contribution in [0.5, 0.6) is 5.75 Å². The van der Waals surface area contributed by atoms with Gasteiger partial charge in [0, 0.05) is 31.7 Å². The lowest BCUT2D eigenvalue weighted by Gasteiger charge is -2.22. The van der Waals surface area contributed by atoms with Gasteiger partial charge in [0.15, 0.2) is 0 Å². The van der Waals surface area contributed by atoms with E-state index in [9.17, 15) is 9.59 Å². The molecule has 0 unspecified atom stereocenters. The second-order valence-corrected chi connectivity index (χ2v) is 6.87. The quantitative estimate of drug-likeness (QED) is 0.836. The summed E-state index contributed by atoms with van der Waals surface area (Å²) in [6, 6.07) is 15.2. The zero-order valence-electron chi connectivity index (χ0n) is 16.0. The van der Waals surface area contributed by atoms with E-state index in [2.05, 4.69) is 0 Å². The number of nitrogens with zero attached hydrogens (tertiary/aromatic N) is 2. The topological polar surface area (TPSA) is 49.9 Å². The molecule has 0 spiro atoms. The molecule has 5 heteroatoms. The maximum Gasteiger partial charge on any atom is 0.253 e. The van der Waals surface area contributed by atoms with Crippen molar-refractivity contribution >= 4 is 11.8 Å². The van der Waals surface area contributed by atoms with E-state index in [4.69, 9.17) is 4.74 Å². The summed E-state index contributed by atoms with van der Waals surface area (Å²) in [5, 5.41) is 0. The van der Waals surface area contributed by atoms with Gasteiger partial charge in [0.25, 0.3) is 5.91 Å². The molecular weight excluding hydrogens is 340 g/mol. The number of amides is 2. The van der Waals surface area contributed by atoms with E-state index in [0.717, 1.165) is 23.3 Å². The minimum absolute atomic E-state index is 0.0377. The Hall–Kier alpha value is -2.82. The van der Waals surface area contributed by atoms with Gasteiger partial charge < -0.3 is 14.5 Å². The molecule has 1 fully saturated rings. The third-order valence-corrected chi connectivity index (χ3v) is 4.97. The molecule has 0 saturated carbocycles. The Kier molecular flexibility index (Phi) is 6.12. The van der Waals surface area contributed by atoms with Gasteiger partial charge in [-0.3, -0.25) is 9.59 Å². The molecule has 0 aromatic heterocycles. The zero-order valence-corrected chi connectivity index (χ0v) is 16.0. The van der Waals surface area contributed by atoms with Crippen LogP contribution in [0, 0.1) is 6.92 Å². The van der Waals surface area contributed by atoms with Crippen molar-refractivity contribution in [1.29, 1.82) is 0 Å². The second-order valence-electron chi connectivity index (χ2n) is 6.87. The van der Waals surface area contributed by atoms with Crippen LogP contribution < -0.4 is 4.74 Å². The molecule has 0 radical (unpaired) electrons. The number of carbonyl (C=O) groups excluding carboxylic acids is 2. The lowest BCUT2D eigenvalue weighted by molar-refractivity contribution is -0.130. The van der Waals surface area contributed by atoms with E-state index in [-0.39, 0.29) is 11.8 Å². The van der Waals surface area contributed by atoms with Crippen LogP contribution in [-0.2, 0) is 11.2 Å². The number of benzene rings is 2. The SMILES string of the molecule is COc1ccc(CC(=O)N2CCCN(C(=O)c3ccccc3)CC2)cc1C. The van der Waals surface area contributed by atoms with Crippen LogP contribution in [0.4, 0.5) is 0 Å². The highest BCUT2D eigenvalue weighted by Crippen LogP contribution is 2.19. The Bertz CT molecular complexity index is 804. The number of carbonyl (C=O) groups is 2. The number of rotatable bonds is 4. The summed E-state index contributed by atoms with van der Waals surface area (Å²) >= 11 is 0. The van der Waals surface area contributed by atoms with Crippen molar-refractivity contribution in [3.05, 3.63) is 65.2 Å². The average molecular weight is 366 g/mol. The predicted molar refractivity (Wildman–Crippen MR) is 105 cm³/mol. The standard InChI is InChI=1S/C22H26N2O3/c1-17-15-18(9-10-20(17)27-2)16-21(25)23-11-6-12-24(14-13-23)22(26)19-7-4-3-5-8-19/h3-5,7-10,15H,6,11-14,16H2,1-2H3. The second kappa shape index (κ2) is 8.71. The summed E-state index contributed by atoms with van der Waals surface area (Å²) in [6.45, 7) is 4.49. The molecule has 1 aliphatic rings. The van der Waals surface area contributed by atoms with Crippen LogP contribution in [0.15, 0.2) is 48.5 Å². The normalized spacial score (nSPS) is 14.6. The summed E-state index contributed by atoms with van der Waals surface area (Å²) in [4.78, 5) is 29.1. The van der Waals surface area contributed by atoms with Crippen LogP contribution in [0.2, 0.25) is 0 Å². The molecule has 3 rings (SSSR count). The number of methoxy groups -OCH3 is 1. The van der Waals surface area contributed by atoms with Gasteiger partial charge in [0.1, 0.15) is 5.75 Å². The summed E-state index contributed by atoms with van der Waals surface area (Å²) in [5.41, 5.74) is 2.71. The Balaban J connectivity index is 1.59. The van der Waals surface area contributed by atoms with E-state index >= 15 is 0 Å². The molecule has 0 aliphatic carbocycles. The van der Waals surface area contributed by atoms with Crippen LogP contribution in [0.3, 0.4) is 0 Å². The smallest absolute Gasteiger partial charge is 0.253 e. The Morgan fingerprint density at radius 2 is 1.67 bits per heavy atom. The van der Waals surface area contributed by atoms with Gasteiger partial charge in [-0.05, 0) is 42.7 Å². The molecule has 27 heavy (non-hydrogen) atoms. The van der Waals surface area contributed by atoms with Crippen LogP contribution in [0.1, 0.15) is 27.9 Å². The number of ether oxygens (including phenoxy) is 1. The summed E-state index contributed by atoms with van der Waals surface area (Å²) in [5.74, 6) is 0.972. The summed E-state index contributed by atoms with van der Waals surface area (Å²) in [6.07, 6.45) is 1.17. The molecule has 2 aromatic rings. The molecule has 0 atom stereocenters. The molecule has 2 amide bonds. The first kappa shape index (κ1) is 19.0. The largest absolute Gasteiger partial charge is 0.496 e. The van der Waals surface area contributed by atoms with Crippen molar-refractivity contribution in [3.63, 3.8) is 0 Å². The molecule has 2 aromatic carbocycles. The zero-order chi connectivity index (χ0) is 19.2. The maximum atomic E-state index is 12.7. The lowest BCUT2D eigenvalue weighted by atomic mass is 10.1. The van der Waals surface area contributed by atoms with Crippen LogP contribution in [0.25, 0.3) is 0 Å². The molecule has 0 N–H and O–H groups in total. The Morgan fingerprint density at radius 1 is 0.963 bits per heavy atom. The van der Waals surface area contributed by atoms with Crippen LogP contribution >= 0.6 is 0 Å². The van der Waals surface area contributed by atoms with Gasteiger partial charge in [-0.2, -0.15) is 0 Å². The Morgan fingerprint density at radius 3 is 2.37 bits per heavy atom. The van der Waals surface area contributed by atoms with Gasteiger partial charge in [0.05, 0.1) is 13.5 Å². The first-order valence-electron chi connectivity index (χ1n) is 9.34. The minimum atomic E-state index is 0.0377. The van der Waals surface area contributed by atoms with E-state index < -0.39 is 0 Å². The highest BCUT2D eigenvalue weighted by Gasteiger charge is 2.22. The highest BCUT2D eigenvalue weighted by molar-refractivity contribution is 5.94. The van der Waals surface area contributed by atoms with E-state index in [1.54, 1.807) is 7.11 Å². The molecule has 1 aliphatic heterocycles. The summed E-state index contributed by atoms with van der Waals surface area (Å²) in [7, 11) is 1.65. The first-order valence-corrected chi connectivity index (χ1v) is 9.34. The minimum Gasteiger partial charge on any atom is -0.496 e.